The molecule has 0 aliphatic heterocycles. The van der Waals surface area contributed by atoms with Crippen LogP contribution in [0.1, 0.15) is 58.3 Å². The van der Waals surface area contributed by atoms with E-state index in [9.17, 15) is 4.79 Å². The lowest BCUT2D eigenvalue weighted by Crippen LogP contribution is -2.56. The monoisotopic (exact) mass is 238 g/mol. The highest BCUT2D eigenvalue weighted by atomic mass is 16.2. The fourth-order valence-electron chi connectivity index (χ4n) is 3.05. The summed E-state index contributed by atoms with van der Waals surface area (Å²) in [5, 5.41) is 0. The zero-order chi connectivity index (χ0) is 12.5. The molecule has 0 radical (unpaired) electrons. The molecule has 0 heterocycles. The second-order valence-corrected chi connectivity index (χ2v) is 6.12. The van der Waals surface area contributed by atoms with Gasteiger partial charge in [0, 0.05) is 13.1 Å². The number of nitrogens with two attached hydrogens (primary N) is 1. The first-order chi connectivity index (χ1) is 8.03. The molecule has 17 heavy (non-hydrogen) atoms. The first-order valence-electron chi connectivity index (χ1n) is 7.09. The lowest BCUT2D eigenvalue weighted by Gasteiger charge is -2.34. The predicted octanol–water partition coefficient (Wildman–Crippen LogP) is 2.29. The summed E-state index contributed by atoms with van der Waals surface area (Å²) in [6.45, 7) is 1.92. The quantitative estimate of drug-likeness (QED) is 0.767. The molecule has 1 amide bonds. The van der Waals surface area contributed by atoms with Crippen LogP contribution in [0.15, 0.2) is 0 Å². The Hall–Kier alpha value is -0.570. The van der Waals surface area contributed by atoms with Crippen LogP contribution in [0.5, 0.6) is 0 Å². The number of carbonyl (C=O) groups excluding carboxylic acids is 1. The fraction of sp³-hybridized carbons (Fsp3) is 0.929. The summed E-state index contributed by atoms with van der Waals surface area (Å²) in [7, 11) is 1.95. The second kappa shape index (κ2) is 4.97. The molecule has 0 bridgehead atoms. The summed E-state index contributed by atoms with van der Waals surface area (Å²) in [5.41, 5.74) is 5.60. The smallest absolute Gasteiger partial charge is 0.242 e. The van der Waals surface area contributed by atoms with Crippen LogP contribution in [0.2, 0.25) is 0 Å². The van der Waals surface area contributed by atoms with Gasteiger partial charge < -0.3 is 10.6 Å². The molecule has 3 nitrogen and oxygen atoms in total. The summed E-state index contributed by atoms with van der Waals surface area (Å²) < 4.78 is 0. The molecule has 0 spiro atoms. The van der Waals surface area contributed by atoms with Crippen LogP contribution in [0.4, 0.5) is 0 Å². The van der Waals surface area contributed by atoms with Gasteiger partial charge in [0.25, 0.3) is 0 Å². The van der Waals surface area contributed by atoms with Gasteiger partial charge in [0.15, 0.2) is 0 Å². The van der Waals surface area contributed by atoms with E-state index in [1.165, 1.54) is 25.7 Å². The van der Waals surface area contributed by atoms with Crippen molar-refractivity contribution in [2.75, 3.05) is 7.05 Å². The van der Waals surface area contributed by atoms with Crippen molar-refractivity contribution in [3.63, 3.8) is 0 Å². The third-order valence-electron chi connectivity index (χ3n) is 4.58. The van der Waals surface area contributed by atoms with Crippen molar-refractivity contribution in [1.82, 2.24) is 4.90 Å². The van der Waals surface area contributed by atoms with Gasteiger partial charge in [-0.25, -0.2) is 0 Å². The van der Waals surface area contributed by atoms with Crippen molar-refractivity contribution in [2.24, 2.45) is 11.7 Å². The van der Waals surface area contributed by atoms with E-state index in [0.29, 0.717) is 12.0 Å². The van der Waals surface area contributed by atoms with E-state index in [-0.39, 0.29) is 5.91 Å². The minimum Gasteiger partial charge on any atom is -0.341 e. The summed E-state index contributed by atoms with van der Waals surface area (Å²) in [6, 6.07) is 0.423. The SMILES string of the molecule is CN(C(=O)C(C)(N)C1CC1)C1CCCCCC1. The Morgan fingerprint density at radius 3 is 2.12 bits per heavy atom. The molecule has 2 N–H and O–H groups in total. The molecule has 1 unspecified atom stereocenters. The first kappa shape index (κ1) is 12.9. The number of carbonyl (C=O) groups is 1. The van der Waals surface area contributed by atoms with Crippen LogP contribution >= 0.6 is 0 Å². The summed E-state index contributed by atoms with van der Waals surface area (Å²) in [4.78, 5) is 14.4. The Balaban J connectivity index is 1.97. The molecule has 0 saturated heterocycles. The van der Waals surface area contributed by atoms with Gasteiger partial charge in [0.1, 0.15) is 0 Å². The van der Waals surface area contributed by atoms with E-state index in [4.69, 9.17) is 5.73 Å². The third-order valence-corrected chi connectivity index (χ3v) is 4.58. The molecule has 2 saturated carbocycles. The van der Waals surface area contributed by atoms with Gasteiger partial charge in [-0.2, -0.15) is 0 Å². The third kappa shape index (κ3) is 2.82. The predicted molar refractivity (Wildman–Crippen MR) is 69.6 cm³/mol. The van der Waals surface area contributed by atoms with E-state index >= 15 is 0 Å². The largest absolute Gasteiger partial charge is 0.341 e. The summed E-state index contributed by atoms with van der Waals surface area (Å²) >= 11 is 0. The zero-order valence-electron chi connectivity index (χ0n) is 11.2. The molecule has 0 aromatic rings. The Bertz CT molecular complexity index is 276. The molecular formula is C14H26N2O. The van der Waals surface area contributed by atoms with E-state index in [0.717, 1.165) is 25.7 Å². The molecular weight excluding hydrogens is 212 g/mol. The van der Waals surface area contributed by atoms with Crippen LogP contribution in [0, 0.1) is 5.92 Å². The molecule has 2 aliphatic rings. The maximum atomic E-state index is 12.5. The van der Waals surface area contributed by atoms with Crippen molar-refractivity contribution >= 4 is 5.91 Å². The van der Waals surface area contributed by atoms with E-state index in [2.05, 4.69) is 0 Å². The van der Waals surface area contributed by atoms with Gasteiger partial charge in [-0.05, 0) is 38.5 Å². The fourth-order valence-corrected chi connectivity index (χ4v) is 3.05. The molecule has 0 aromatic carbocycles. The van der Waals surface area contributed by atoms with Gasteiger partial charge >= 0.3 is 0 Å². The number of rotatable bonds is 3. The maximum absolute atomic E-state index is 12.5. The Labute approximate surface area is 105 Å². The number of nitrogens with zero attached hydrogens (tertiary/aromatic N) is 1. The molecule has 2 aliphatic carbocycles. The molecule has 2 fully saturated rings. The van der Waals surface area contributed by atoms with Gasteiger partial charge in [-0.1, -0.05) is 25.7 Å². The van der Waals surface area contributed by atoms with Crippen LogP contribution < -0.4 is 5.73 Å². The lowest BCUT2D eigenvalue weighted by molar-refractivity contribution is -0.138. The standard InChI is InChI=1S/C14H26N2O/c1-14(15,11-9-10-11)13(17)16(2)12-7-5-3-4-6-8-12/h11-12H,3-10,15H2,1-2H3. The van der Waals surface area contributed by atoms with Crippen LogP contribution in [-0.4, -0.2) is 29.4 Å². The highest BCUT2D eigenvalue weighted by Gasteiger charge is 2.46. The van der Waals surface area contributed by atoms with Gasteiger partial charge in [-0.3, -0.25) is 4.79 Å². The average Bonchev–Trinajstić information content (AvgIpc) is 3.12. The number of amides is 1. The summed E-state index contributed by atoms with van der Waals surface area (Å²) in [5.74, 6) is 0.579. The topological polar surface area (TPSA) is 46.3 Å². The van der Waals surface area contributed by atoms with E-state index < -0.39 is 5.54 Å². The molecule has 1 atom stereocenters. The average molecular weight is 238 g/mol. The van der Waals surface area contributed by atoms with Gasteiger partial charge in [0.05, 0.1) is 5.54 Å². The second-order valence-electron chi connectivity index (χ2n) is 6.12. The molecule has 2 rings (SSSR count). The Morgan fingerprint density at radius 2 is 1.65 bits per heavy atom. The molecule has 98 valence electrons. The highest BCUT2D eigenvalue weighted by Crippen LogP contribution is 2.39. The number of hydrogen-bond donors (Lipinski definition) is 1. The van der Waals surface area contributed by atoms with E-state index in [1.54, 1.807) is 0 Å². The van der Waals surface area contributed by atoms with Crippen molar-refractivity contribution in [3.05, 3.63) is 0 Å². The van der Waals surface area contributed by atoms with Crippen LogP contribution in [0.3, 0.4) is 0 Å². The van der Waals surface area contributed by atoms with E-state index in [1.807, 2.05) is 18.9 Å². The Kier molecular flexibility index (Phi) is 3.76. The number of hydrogen-bond acceptors (Lipinski definition) is 2. The minimum absolute atomic E-state index is 0.159. The number of likely N-dealkylation sites (N-methyl/N-ethyl adjacent to an activating group) is 1. The van der Waals surface area contributed by atoms with Crippen molar-refractivity contribution in [2.45, 2.75) is 69.9 Å². The van der Waals surface area contributed by atoms with Crippen LogP contribution in [0.25, 0.3) is 0 Å². The zero-order valence-corrected chi connectivity index (χ0v) is 11.2. The lowest BCUT2D eigenvalue weighted by atomic mass is 9.94. The van der Waals surface area contributed by atoms with Gasteiger partial charge in [-0.15, -0.1) is 0 Å². The highest BCUT2D eigenvalue weighted by molar-refractivity contribution is 5.86. The normalized spacial score (nSPS) is 26.1. The van der Waals surface area contributed by atoms with Crippen molar-refractivity contribution in [3.8, 4) is 0 Å². The molecule has 0 aromatic heterocycles. The van der Waals surface area contributed by atoms with Crippen LogP contribution in [-0.2, 0) is 4.79 Å². The maximum Gasteiger partial charge on any atom is 0.242 e. The van der Waals surface area contributed by atoms with Gasteiger partial charge in [0.2, 0.25) is 5.91 Å². The van der Waals surface area contributed by atoms with Crippen molar-refractivity contribution in [1.29, 1.82) is 0 Å². The first-order valence-corrected chi connectivity index (χ1v) is 7.09. The molecule has 3 heteroatoms. The minimum atomic E-state index is -0.624. The van der Waals surface area contributed by atoms with Crippen molar-refractivity contribution < 1.29 is 4.79 Å². The Morgan fingerprint density at radius 1 is 1.12 bits per heavy atom. The summed E-state index contributed by atoms with van der Waals surface area (Å²) in [6.07, 6.45) is 9.71.